The van der Waals surface area contributed by atoms with E-state index >= 15 is 0 Å². The first kappa shape index (κ1) is 30.3. The second kappa shape index (κ2) is 13.1. The van der Waals surface area contributed by atoms with E-state index in [0.717, 1.165) is 32.7 Å². The number of hydrogen-bond donors (Lipinski definition) is 0. The molecule has 0 saturated heterocycles. The molecule has 0 spiro atoms. The SMILES string of the molecule is CCC(CC)(C(=O)[O-])c1cccc2ccccc12.CCC(CC)(C(=O)[O-])c1cccc2ccccc12.[Mg+2]. The fourth-order valence-corrected chi connectivity index (χ4v) is 5.34. The number of carboxylic acid groups (broad SMARTS) is 2. The quantitative estimate of drug-likeness (QED) is 0.318. The summed E-state index contributed by atoms with van der Waals surface area (Å²) in [4.78, 5) is 23.2. The third-order valence-electron chi connectivity index (χ3n) is 7.81. The first-order valence-electron chi connectivity index (χ1n) is 12.7. The Hall–Kier alpha value is -2.89. The van der Waals surface area contributed by atoms with E-state index < -0.39 is 22.8 Å². The van der Waals surface area contributed by atoms with Crippen LogP contribution in [0.25, 0.3) is 21.5 Å². The third-order valence-corrected chi connectivity index (χ3v) is 7.81. The molecule has 4 rings (SSSR count). The molecule has 4 nitrogen and oxygen atoms in total. The number of benzene rings is 4. The summed E-state index contributed by atoms with van der Waals surface area (Å²) < 4.78 is 0. The summed E-state index contributed by atoms with van der Waals surface area (Å²) in [5, 5.41) is 27.4. The smallest absolute Gasteiger partial charge is 0.549 e. The van der Waals surface area contributed by atoms with Gasteiger partial charge in [0, 0.05) is 10.8 Å². The standard InChI is InChI=1S/2C16H18O2.Mg/c2*1-3-16(4-2,15(17)18)14-11-7-9-12-8-5-6-10-13(12)14;/h2*5-11H,3-4H2,1-2H3,(H,17,18);/q;;+2/p-2. The Morgan fingerprint density at radius 3 is 1.14 bits per heavy atom. The number of carboxylic acids is 2. The summed E-state index contributed by atoms with van der Waals surface area (Å²) in [6.07, 6.45) is 2.17. The number of carbonyl (C=O) groups is 2. The number of aliphatic carboxylic acids is 2. The largest absolute Gasteiger partial charge is 2.00 e. The average molecular weight is 507 g/mol. The number of fused-ring (bicyclic) bond motifs is 2. The zero-order valence-corrected chi connectivity index (χ0v) is 23.7. The monoisotopic (exact) mass is 506 g/mol. The maximum absolute atomic E-state index is 11.6. The van der Waals surface area contributed by atoms with Crippen LogP contribution in [0.5, 0.6) is 0 Å². The van der Waals surface area contributed by atoms with Crippen molar-refractivity contribution in [2.75, 3.05) is 0 Å². The molecule has 0 amide bonds. The van der Waals surface area contributed by atoms with E-state index in [0.29, 0.717) is 25.7 Å². The van der Waals surface area contributed by atoms with Gasteiger partial charge in [0.1, 0.15) is 0 Å². The predicted molar refractivity (Wildman–Crippen MR) is 148 cm³/mol. The van der Waals surface area contributed by atoms with Crippen LogP contribution in [0.1, 0.15) is 64.5 Å². The van der Waals surface area contributed by atoms with E-state index in [1.807, 2.05) is 113 Å². The molecule has 0 radical (unpaired) electrons. The molecule has 4 aromatic carbocycles. The number of carbonyl (C=O) groups excluding carboxylic acids is 2. The molecule has 0 atom stereocenters. The van der Waals surface area contributed by atoms with Gasteiger partial charge in [-0.05, 0) is 58.4 Å². The van der Waals surface area contributed by atoms with E-state index in [1.165, 1.54) is 0 Å². The summed E-state index contributed by atoms with van der Waals surface area (Å²) in [7, 11) is 0. The number of hydrogen-bond acceptors (Lipinski definition) is 4. The Morgan fingerprint density at radius 2 is 0.838 bits per heavy atom. The molecule has 37 heavy (non-hydrogen) atoms. The van der Waals surface area contributed by atoms with Gasteiger partial charge in [-0.1, -0.05) is 113 Å². The van der Waals surface area contributed by atoms with Crippen LogP contribution in [0, 0.1) is 0 Å². The van der Waals surface area contributed by atoms with Crippen LogP contribution >= 0.6 is 0 Å². The second-order valence-electron chi connectivity index (χ2n) is 9.21. The minimum Gasteiger partial charge on any atom is -0.549 e. The Kier molecular flexibility index (Phi) is 10.7. The summed E-state index contributed by atoms with van der Waals surface area (Å²) in [5.74, 6) is -1.97. The van der Waals surface area contributed by atoms with Gasteiger partial charge in [0.15, 0.2) is 0 Å². The van der Waals surface area contributed by atoms with E-state index in [1.54, 1.807) is 0 Å². The van der Waals surface area contributed by atoms with Gasteiger partial charge in [-0.15, -0.1) is 0 Å². The molecular formula is C32H34MgO4. The van der Waals surface area contributed by atoms with Gasteiger partial charge in [0.05, 0.1) is 11.9 Å². The van der Waals surface area contributed by atoms with Crippen molar-refractivity contribution in [3.8, 4) is 0 Å². The van der Waals surface area contributed by atoms with E-state index in [4.69, 9.17) is 0 Å². The van der Waals surface area contributed by atoms with Crippen molar-refractivity contribution in [3.05, 3.63) is 96.1 Å². The van der Waals surface area contributed by atoms with Crippen LogP contribution in [-0.4, -0.2) is 35.0 Å². The number of rotatable bonds is 8. The minimum atomic E-state index is -0.983. The van der Waals surface area contributed by atoms with Crippen LogP contribution in [0.15, 0.2) is 84.9 Å². The maximum Gasteiger partial charge on any atom is 2.00 e. The van der Waals surface area contributed by atoms with Gasteiger partial charge in [0.2, 0.25) is 0 Å². The molecule has 0 unspecified atom stereocenters. The molecule has 0 bridgehead atoms. The second-order valence-corrected chi connectivity index (χ2v) is 9.21. The van der Waals surface area contributed by atoms with Crippen LogP contribution in [0.2, 0.25) is 0 Å². The molecule has 5 heteroatoms. The molecule has 188 valence electrons. The molecule has 0 heterocycles. The normalized spacial score (nSPS) is 11.4. The topological polar surface area (TPSA) is 80.3 Å². The maximum atomic E-state index is 11.6. The summed E-state index contributed by atoms with van der Waals surface area (Å²) in [6.45, 7) is 7.62. The van der Waals surface area contributed by atoms with Crippen molar-refractivity contribution >= 4 is 56.5 Å². The summed E-state index contributed by atoms with van der Waals surface area (Å²) in [5.41, 5.74) is -0.0435. The van der Waals surface area contributed by atoms with Crippen molar-refractivity contribution in [3.63, 3.8) is 0 Å². The summed E-state index contributed by atoms with van der Waals surface area (Å²) in [6, 6.07) is 27.4. The van der Waals surface area contributed by atoms with E-state index in [-0.39, 0.29) is 23.1 Å². The van der Waals surface area contributed by atoms with Gasteiger partial charge >= 0.3 is 23.1 Å². The fraction of sp³-hybridized carbons (Fsp3) is 0.312. The zero-order valence-electron chi connectivity index (χ0n) is 22.3. The molecule has 0 saturated carbocycles. The fourth-order valence-electron chi connectivity index (χ4n) is 5.34. The molecule has 0 N–H and O–H groups in total. The van der Waals surface area contributed by atoms with Crippen molar-refractivity contribution in [1.82, 2.24) is 0 Å². The van der Waals surface area contributed by atoms with Crippen LogP contribution < -0.4 is 10.2 Å². The van der Waals surface area contributed by atoms with E-state index in [9.17, 15) is 19.8 Å². The minimum absolute atomic E-state index is 0. The Morgan fingerprint density at radius 1 is 0.541 bits per heavy atom. The van der Waals surface area contributed by atoms with Gasteiger partial charge < -0.3 is 19.8 Å². The Balaban J connectivity index is 0.000000253. The molecule has 0 fully saturated rings. The van der Waals surface area contributed by atoms with Crippen molar-refractivity contribution in [1.29, 1.82) is 0 Å². The van der Waals surface area contributed by atoms with Crippen molar-refractivity contribution in [2.24, 2.45) is 0 Å². The van der Waals surface area contributed by atoms with Crippen LogP contribution in [0.4, 0.5) is 0 Å². The first-order chi connectivity index (χ1) is 17.3. The Bertz CT molecular complexity index is 1240. The third kappa shape index (κ3) is 5.68. The van der Waals surface area contributed by atoms with Gasteiger partial charge in [-0.3, -0.25) is 0 Å². The molecule has 0 aromatic heterocycles. The first-order valence-corrected chi connectivity index (χ1v) is 12.7. The Labute approximate surface area is 235 Å². The van der Waals surface area contributed by atoms with Crippen LogP contribution in [-0.2, 0) is 20.4 Å². The van der Waals surface area contributed by atoms with Crippen molar-refractivity contribution in [2.45, 2.75) is 64.2 Å². The molecule has 0 aliphatic rings. The van der Waals surface area contributed by atoms with Gasteiger partial charge in [0.25, 0.3) is 0 Å². The van der Waals surface area contributed by atoms with Crippen LogP contribution in [0.3, 0.4) is 0 Å². The molecule has 0 aliphatic carbocycles. The molecule has 4 aromatic rings. The summed E-state index contributed by atoms with van der Waals surface area (Å²) >= 11 is 0. The molecule has 0 aliphatic heterocycles. The van der Waals surface area contributed by atoms with Gasteiger partial charge in [-0.25, -0.2) is 0 Å². The zero-order chi connectivity index (χ0) is 26.3. The van der Waals surface area contributed by atoms with Gasteiger partial charge in [-0.2, -0.15) is 0 Å². The predicted octanol–water partition coefficient (Wildman–Crippen LogP) is 4.91. The van der Waals surface area contributed by atoms with E-state index in [2.05, 4.69) is 0 Å². The average Bonchev–Trinajstić information content (AvgIpc) is 2.91. The molecular weight excluding hydrogens is 473 g/mol. The van der Waals surface area contributed by atoms with Crippen molar-refractivity contribution < 1.29 is 19.8 Å².